The molecule has 1 atom stereocenters. The molecule has 0 radical (unpaired) electrons. The van der Waals surface area contributed by atoms with E-state index in [1.165, 1.54) is 18.2 Å². The Hall–Kier alpha value is -3.86. The maximum Gasteiger partial charge on any atom is 0.416 e. The molecule has 3 N–H and O–H groups in total. The van der Waals surface area contributed by atoms with Crippen LogP contribution in [-0.2, 0) is 17.5 Å². The van der Waals surface area contributed by atoms with Gasteiger partial charge < -0.3 is 10.2 Å². The topological polar surface area (TPSA) is 69.6 Å². The molecule has 0 unspecified atom stereocenters. The Morgan fingerprint density at radius 3 is 2.31 bits per heavy atom. The second kappa shape index (κ2) is 10.6. The molecule has 0 aromatic heterocycles. The molecule has 0 aliphatic rings. The van der Waals surface area contributed by atoms with Crippen molar-refractivity contribution in [2.75, 3.05) is 6.61 Å². The molecule has 0 aliphatic heterocycles. The highest BCUT2D eigenvalue weighted by atomic mass is 19.4. The number of aliphatic hydroxyl groups is 1. The Kier molecular flexibility index (Phi) is 7.80. The Morgan fingerprint density at radius 1 is 1.03 bits per heavy atom. The molecule has 0 fully saturated rings. The van der Waals surface area contributed by atoms with E-state index in [2.05, 4.69) is 5.32 Å². The van der Waals surface area contributed by atoms with Crippen LogP contribution in [0, 0.1) is 19.3 Å². The summed E-state index contributed by atoms with van der Waals surface area (Å²) in [6.45, 7) is 0.884. The van der Waals surface area contributed by atoms with E-state index in [1.807, 2.05) is 61.4 Å². The lowest BCUT2D eigenvalue weighted by atomic mass is 9.95. The standard InChI is InChI=1S/C28H24F3NO3/c1-3-27(18-33,26(34)35)32-17-20-12-15-25(28(29,30)31)23(16-20)14-13-21-10-7-11-24(19(21)2)22-8-5-4-6-9-22/h1,4-16,32-33H,17-18H2,2H3,(H,34,35)/b14-13+/t27-/m1/s1. The molecule has 3 aromatic carbocycles. The minimum atomic E-state index is -4.58. The molecule has 0 saturated heterocycles. The van der Waals surface area contributed by atoms with Crippen LogP contribution in [0.5, 0.6) is 0 Å². The van der Waals surface area contributed by atoms with Gasteiger partial charge in [0.05, 0.1) is 12.2 Å². The van der Waals surface area contributed by atoms with E-state index in [0.29, 0.717) is 5.56 Å². The fourth-order valence-corrected chi connectivity index (χ4v) is 3.67. The summed E-state index contributed by atoms with van der Waals surface area (Å²) in [6.07, 6.45) is 3.69. The molecular formula is C28H24F3NO3. The summed E-state index contributed by atoms with van der Waals surface area (Å²) >= 11 is 0. The van der Waals surface area contributed by atoms with Gasteiger partial charge in [-0.3, -0.25) is 5.32 Å². The van der Waals surface area contributed by atoms with Crippen LogP contribution in [0.4, 0.5) is 13.2 Å². The lowest BCUT2D eigenvalue weighted by Gasteiger charge is -2.23. The zero-order chi connectivity index (χ0) is 25.6. The molecule has 0 spiro atoms. The summed E-state index contributed by atoms with van der Waals surface area (Å²) in [5, 5.41) is 21.3. The van der Waals surface area contributed by atoms with Crippen LogP contribution in [0.3, 0.4) is 0 Å². The highest BCUT2D eigenvalue weighted by molar-refractivity contribution is 5.83. The second-order valence-electron chi connectivity index (χ2n) is 8.01. The highest BCUT2D eigenvalue weighted by Crippen LogP contribution is 2.34. The quantitative estimate of drug-likeness (QED) is 0.299. The van der Waals surface area contributed by atoms with Crippen LogP contribution in [0.25, 0.3) is 23.3 Å². The fourth-order valence-electron chi connectivity index (χ4n) is 3.67. The number of terminal acetylenes is 1. The SMILES string of the molecule is C#C[C@](CO)(NCc1ccc(C(F)(F)F)c(/C=C/c2cccc(-c3ccccc3)c2C)c1)C(=O)O. The van der Waals surface area contributed by atoms with Crippen LogP contribution in [-0.4, -0.2) is 28.3 Å². The van der Waals surface area contributed by atoms with E-state index in [1.54, 1.807) is 6.08 Å². The summed E-state index contributed by atoms with van der Waals surface area (Å²) in [5.74, 6) is 0.547. The number of hydrogen-bond acceptors (Lipinski definition) is 3. The van der Waals surface area contributed by atoms with Crippen molar-refractivity contribution in [1.82, 2.24) is 5.32 Å². The van der Waals surface area contributed by atoms with E-state index in [-0.39, 0.29) is 12.1 Å². The molecule has 0 aliphatic carbocycles. The Balaban J connectivity index is 1.97. The third-order valence-electron chi connectivity index (χ3n) is 5.77. The monoisotopic (exact) mass is 479 g/mol. The summed E-state index contributed by atoms with van der Waals surface area (Å²) in [7, 11) is 0. The number of aliphatic hydroxyl groups excluding tert-OH is 1. The molecular weight excluding hydrogens is 455 g/mol. The van der Waals surface area contributed by atoms with Gasteiger partial charge in [0.2, 0.25) is 5.54 Å². The van der Waals surface area contributed by atoms with Gasteiger partial charge in [0, 0.05) is 6.54 Å². The molecule has 0 heterocycles. The number of benzene rings is 3. The summed E-state index contributed by atoms with van der Waals surface area (Å²) < 4.78 is 41.0. The van der Waals surface area contributed by atoms with Crippen molar-refractivity contribution in [1.29, 1.82) is 0 Å². The van der Waals surface area contributed by atoms with E-state index in [9.17, 15) is 28.2 Å². The average molecular weight is 479 g/mol. The number of hydrogen-bond donors (Lipinski definition) is 3. The first kappa shape index (κ1) is 25.8. The molecule has 7 heteroatoms. The summed E-state index contributed by atoms with van der Waals surface area (Å²) in [4.78, 5) is 11.5. The smallest absolute Gasteiger partial charge is 0.416 e. The Labute approximate surface area is 201 Å². The first-order chi connectivity index (χ1) is 16.6. The molecule has 3 aromatic rings. The van der Waals surface area contributed by atoms with Gasteiger partial charge in [-0.05, 0) is 52.4 Å². The average Bonchev–Trinajstić information content (AvgIpc) is 2.84. The summed E-state index contributed by atoms with van der Waals surface area (Å²) in [5.41, 5.74) is 1.11. The van der Waals surface area contributed by atoms with E-state index < -0.39 is 29.9 Å². The predicted molar refractivity (Wildman–Crippen MR) is 130 cm³/mol. The number of aliphatic carboxylic acids is 1. The largest absolute Gasteiger partial charge is 0.479 e. The maximum absolute atomic E-state index is 13.7. The van der Waals surface area contributed by atoms with Crippen molar-refractivity contribution in [3.8, 4) is 23.5 Å². The Morgan fingerprint density at radius 2 is 1.71 bits per heavy atom. The van der Waals surface area contributed by atoms with Gasteiger partial charge in [-0.1, -0.05) is 72.7 Å². The predicted octanol–water partition coefficient (Wildman–Crippen LogP) is 5.39. The van der Waals surface area contributed by atoms with Crippen molar-refractivity contribution in [2.24, 2.45) is 0 Å². The molecule has 4 nitrogen and oxygen atoms in total. The first-order valence-corrected chi connectivity index (χ1v) is 10.7. The number of nitrogens with one attached hydrogen (secondary N) is 1. The number of rotatable bonds is 8. The lowest BCUT2D eigenvalue weighted by molar-refractivity contribution is -0.143. The van der Waals surface area contributed by atoms with Crippen molar-refractivity contribution in [3.05, 3.63) is 94.5 Å². The van der Waals surface area contributed by atoms with Crippen LogP contribution in [0.15, 0.2) is 66.7 Å². The molecule has 35 heavy (non-hydrogen) atoms. The lowest BCUT2D eigenvalue weighted by Crippen LogP contribution is -2.53. The molecule has 3 rings (SSSR count). The fraction of sp³-hybridized carbons (Fsp3) is 0.179. The van der Waals surface area contributed by atoms with Crippen LogP contribution in [0.2, 0.25) is 0 Å². The van der Waals surface area contributed by atoms with E-state index in [4.69, 9.17) is 6.42 Å². The van der Waals surface area contributed by atoms with E-state index in [0.717, 1.165) is 28.3 Å². The van der Waals surface area contributed by atoms with Gasteiger partial charge in [-0.25, -0.2) is 4.79 Å². The van der Waals surface area contributed by atoms with Crippen LogP contribution in [0.1, 0.15) is 27.8 Å². The number of halogens is 3. The minimum absolute atomic E-state index is 0.0769. The van der Waals surface area contributed by atoms with Crippen molar-refractivity contribution < 1.29 is 28.2 Å². The van der Waals surface area contributed by atoms with Gasteiger partial charge in [-0.2, -0.15) is 13.2 Å². The molecule has 0 amide bonds. The third-order valence-corrected chi connectivity index (χ3v) is 5.77. The first-order valence-electron chi connectivity index (χ1n) is 10.7. The van der Waals surface area contributed by atoms with Gasteiger partial charge in [0.15, 0.2) is 0 Å². The number of alkyl halides is 3. The van der Waals surface area contributed by atoms with E-state index >= 15 is 0 Å². The third kappa shape index (κ3) is 5.80. The second-order valence-corrected chi connectivity index (χ2v) is 8.01. The van der Waals surface area contributed by atoms with Crippen LogP contribution < -0.4 is 5.32 Å². The highest BCUT2D eigenvalue weighted by Gasteiger charge is 2.36. The van der Waals surface area contributed by atoms with Crippen molar-refractivity contribution in [3.63, 3.8) is 0 Å². The van der Waals surface area contributed by atoms with Gasteiger partial charge in [0.1, 0.15) is 0 Å². The van der Waals surface area contributed by atoms with Gasteiger partial charge in [-0.15, -0.1) is 6.42 Å². The van der Waals surface area contributed by atoms with Gasteiger partial charge >= 0.3 is 12.1 Å². The molecule has 0 saturated carbocycles. The zero-order valence-electron chi connectivity index (χ0n) is 18.9. The normalized spacial score (nSPS) is 13.4. The van der Waals surface area contributed by atoms with Gasteiger partial charge in [0.25, 0.3) is 0 Å². The van der Waals surface area contributed by atoms with Crippen molar-refractivity contribution >= 4 is 18.1 Å². The van der Waals surface area contributed by atoms with Crippen LogP contribution >= 0.6 is 0 Å². The van der Waals surface area contributed by atoms with Crippen molar-refractivity contribution in [2.45, 2.75) is 25.2 Å². The molecule has 0 bridgehead atoms. The minimum Gasteiger partial charge on any atom is -0.479 e. The number of carboxylic acid groups (broad SMARTS) is 1. The summed E-state index contributed by atoms with van der Waals surface area (Å²) in [6, 6.07) is 18.8. The Bertz CT molecular complexity index is 1280. The number of carboxylic acids is 1. The zero-order valence-corrected chi connectivity index (χ0v) is 18.9. The molecule has 180 valence electrons. The maximum atomic E-state index is 13.7. The number of carbonyl (C=O) groups is 1.